The number of hydrogen-bond donors (Lipinski definition) is 2. The lowest BCUT2D eigenvalue weighted by Gasteiger charge is -2.25. The molecule has 0 aliphatic heterocycles. The quantitative estimate of drug-likeness (QED) is 0.578. The fourth-order valence-electron chi connectivity index (χ4n) is 3.65. The third-order valence-electron chi connectivity index (χ3n) is 5.01. The van der Waals surface area contributed by atoms with Gasteiger partial charge in [-0.15, -0.1) is 0 Å². The number of amides is 1. The number of carbonyl (C=O) groups is 1. The molecule has 4 nitrogen and oxygen atoms in total. The first-order valence-corrected chi connectivity index (χ1v) is 9.33. The van der Waals surface area contributed by atoms with Crippen LogP contribution >= 0.6 is 0 Å². The number of carbonyl (C=O) groups excluding carboxylic acids is 1. The largest absolute Gasteiger partial charge is 0.507 e. The highest BCUT2D eigenvalue weighted by Gasteiger charge is 2.28. The normalized spacial score (nSPS) is 17.3. The lowest BCUT2D eigenvalue weighted by atomic mass is 9.83. The molecule has 0 fully saturated rings. The Balaban J connectivity index is 2.53. The van der Waals surface area contributed by atoms with Crippen molar-refractivity contribution < 1.29 is 15.0 Å². The van der Waals surface area contributed by atoms with Gasteiger partial charge in [-0.3, -0.25) is 4.79 Å². The molecule has 1 unspecified atom stereocenters. The van der Waals surface area contributed by atoms with Gasteiger partial charge in [-0.05, 0) is 50.7 Å². The minimum absolute atomic E-state index is 0.0350. The Kier molecular flexibility index (Phi) is 6.51. The molecule has 0 saturated carbocycles. The molecule has 0 spiro atoms. The average Bonchev–Trinajstić information content (AvgIpc) is 2.54. The van der Waals surface area contributed by atoms with Crippen LogP contribution in [0.1, 0.15) is 79.8 Å². The fourth-order valence-corrected chi connectivity index (χ4v) is 3.65. The summed E-state index contributed by atoms with van der Waals surface area (Å²) in [5.74, 6) is -0.176. The molecule has 1 aromatic rings. The molecule has 1 amide bonds. The number of nitrogens with zero attached hydrogens (tertiary/aromatic N) is 1. The molecular formula is C21H31NO3. The van der Waals surface area contributed by atoms with Gasteiger partial charge in [0.25, 0.3) is 5.91 Å². The van der Waals surface area contributed by atoms with Crippen LogP contribution in [0.3, 0.4) is 0 Å². The van der Waals surface area contributed by atoms with E-state index in [1.807, 2.05) is 0 Å². The van der Waals surface area contributed by atoms with E-state index < -0.39 is 0 Å². The topological polar surface area (TPSA) is 60.8 Å². The Bertz CT molecular complexity index is 662. The molecule has 1 aliphatic rings. The van der Waals surface area contributed by atoms with Gasteiger partial charge in [-0.1, -0.05) is 31.4 Å². The SMILES string of the molecule is CCCCCc1cc(O)c(C2C=C(C)CCC2)c(O)c1C(=O)N(C)C. The van der Waals surface area contributed by atoms with Crippen LogP contribution < -0.4 is 0 Å². The molecule has 0 saturated heterocycles. The van der Waals surface area contributed by atoms with E-state index in [9.17, 15) is 15.0 Å². The molecule has 0 radical (unpaired) electrons. The van der Waals surface area contributed by atoms with Crippen LogP contribution in [0.4, 0.5) is 0 Å². The van der Waals surface area contributed by atoms with Gasteiger partial charge in [-0.25, -0.2) is 0 Å². The van der Waals surface area contributed by atoms with Crippen molar-refractivity contribution in [3.8, 4) is 11.5 Å². The first-order chi connectivity index (χ1) is 11.9. The zero-order chi connectivity index (χ0) is 18.6. The Hall–Kier alpha value is -1.97. The van der Waals surface area contributed by atoms with Gasteiger partial charge in [0.2, 0.25) is 0 Å². The molecule has 1 atom stereocenters. The molecule has 138 valence electrons. The van der Waals surface area contributed by atoms with Gasteiger partial charge < -0.3 is 15.1 Å². The van der Waals surface area contributed by atoms with E-state index in [1.165, 1.54) is 10.5 Å². The molecule has 2 N–H and O–H groups in total. The predicted octanol–water partition coefficient (Wildman–Crippen LogP) is 4.75. The molecule has 0 aromatic heterocycles. The second kappa shape index (κ2) is 8.41. The first kappa shape index (κ1) is 19.4. The van der Waals surface area contributed by atoms with E-state index in [0.29, 0.717) is 17.5 Å². The van der Waals surface area contributed by atoms with E-state index in [2.05, 4.69) is 19.9 Å². The standard InChI is InChI=1S/C21H31NO3/c1-5-6-7-10-16-13-17(23)18(15-11-8-9-14(2)12-15)20(24)19(16)21(25)22(3)4/h12-13,15,23-24H,5-11H2,1-4H3. The van der Waals surface area contributed by atoms with Crippen molar-refractivity contribution in [3.05, 3.63) is 34.4 Å². The van der Waals surface area contributed by atoms with Crippen molar-refractivity contribution in [1.82, 2.24) is 4.90 Å². The lowest BCUT2D eigenvalue weighted by Crippen LogP contribution is -2.24. The van der Waals surface area contributed by atoms with Gasteiger partial charge in [0.05, 0.1) is 5.56 Å². The van der Waals surface area contributed by atoms with E-state index in [-0.39, 0.29) is 23.3 Å². The monoisotopic (exact) mass is 345 g/mol. The highest BCUT2D eigenvalue weighted by Crippen LogP contribution is 2.44. The van der Waals surface area contributed by atoms with Gasteiger partial charge >= 0.3 is 0 Å². The van der Waals surface area contributed by atoms with Crippen LogP contribution in [0.15, 0.2) is 17.7 Å². The number of benzene rings is 1. The number of rotatable bonds is 6. The van der Waals surface area contributed by atoms with Crippen molar-refractivity contribution in [1.29, 1.82) is 0 Å². The number of aryl methyl sites for hydroxylation is 1. The van der Waals surface area contributed by atoms with Crippen LogP contribution in [-0.2, 0) is 6.42 Å². The van der Waals surface area contributed by atoms with Crippen LogP contribution in [0.25, 0.3) is 0 Å². The van der Waals surface area contributed by atoms with Crippen molar-refractivity contribution >= 4 is 5.91 Å². The van der Waals surface area contributed by atoms with Crippen molar-refractivity contribution in [2.75, 3.05) is 14.1 Å². The molecule has 0 bridgehead atoms. The van der Waals surface area contributed by atoms with Gasteiger partial charge in [0.15, 0.2) is 0 Å². The first-order valence-electron chi connectivity index (χ1n) is 9.33. The summed E-state index contributed by atoms with van der Waals surface area (Å²) in [4.78, 5) is 14.2. The third-order valence-corrected chi connectivity index (χ3v) is 5.01. The molecule has 4 heteroatoms. The summed E-state index contributed by atoms with van der Waals surface area (Å²) in [6, 6.07) is 1.69. The van der Waals surface area contributed by atoms with E-state index in [4.69, 9.17) is 0 Å². The van der Waals surface area contributed by atoms with Crippen molar-refractivity contribution in [2.24, 2.45) is 0 Å². The van der Waals surface area contributed by atoms with Crippen molar-refractivity contribution in [2.45, 2.75) is 64.7 Å². The van der Waals surface area contributed by atoms with Crippen LogP contribution in [0, 0.1) is 0 Å². The van der Waals surface area contributed by atoms with Gasteiger partial charge in [0.1, 0.15) is 11.5 Å². The minimum Gasteiger partial charge on any atom is -0.507 e. The lowest BCUT2D eigenvalue weighted by molar-refractivity contribution is 0.0823. The average molecular weight is 345 g/mol. The number of phenolic OH excluding ortho intramolecular Hbond substituents is 2. The number of phenols is 2. The highest BCUT2D eigenvalue weighted by molar-refractivity contribution is 5.99. The molecule has 1 aliphatic carbocycles. The number of allylic oxidation sites excluding steroid dienone is 2. The van der Waals surface area contributed by atoms with Crippen molar-refractivity contribution in [3.63, 3.8) is 0 Å². The zero-order valence-electron chi connectivity index (χ0n) is 15.9. The fraction of sp³-hybridized carbons (Fsp3) is 0.571. The van der Waals surface area contributed by atoms with E-state index in [0.717, 1.165) is 44.1 Å². The molecular weight excluding hydrogens is 314 g/mol. The maximum absolute atomic E-state index is 12.7. The number of aromatic hydroxyl groups is 2. The third kappa shape index (κ3) is 4.36. The number of unbranched alkanes of at least 4 members (excludes halogenated alkanes) is 2. The molecule has 2 rings (SSSR count). The Morgan fingerprint density at radius 1 is 1.28 bits per heavy atom. The van der Waals surface area contributed by atoms with Crippen LogP contribution in [0.2, 0.25) is 0 Å². The predicted molar refractivity (Wildman–Crippen MR) is 101 cm³/mol. The van der Waals surface area contributed by atoms with E-state index >= 15 is 0 Å². The van der Waals surface area contributed by atoms with Crippen LogP contribution in [0.5, 0.6) is 11.5 Å². The number of hydrogen-bond acceptors (Lipinski definition) is 3. The minimum atomic E-state index is -0.207. The second-order valence-electron chi connectivity index (χ2n) is 7.36. The summed E-state index contributed by atoms with van der Waals surface area (Å²) in [6.45, 7) is 4.20. The summed E-state index contributed by atoms with van der Waals surface area (Å²) < 4.78 is 0. The maximum atomic E-state index is 12.7. The molecule has 1 aromatic carbocycles. The molecule has 25 heavy (non-hydrogen) atoms. The van der Waals surface area contributed by atoms with Gasteiger partial charge in [0, 0.05) is 25.6 Å². The summed E-state index contributed by atoms with van der Waals surface area (Å²) in [7, 11) is 3.38. The maximum Gasteiger partial charge on any atom is 0.257 e. The Morgan fingerprint density at radius 2 is 2.00 bits per heavy atom. The Morgan fingerprint density at radius 3 is 2.60 bits per heavy atom. The summed E-state index contributed by atoms with van der Waals surface area (Å²) in [5.41, 5.74) is 2.86. The molecule has 0 heterocycles. The zero-order valence-corrected chi connectivity index (χ0v) is 15.9. The van der Waals surface area contributed by atoms with Crippen LogP contribution in [-0.4, -0.2) is 35.1 Å². The Labute approximate surface area is 151 Å². The highest BCUT2D eigenvalue weighted by atomic mass is 16.3. The van der Waals surface area contributed by atoms with E-state index in [1.54, 1.807) is 20.2 Å². The summed E-state index contributed by atoms with van der Waals surface area (Å²) in [5, 5.41) is 21.5. The second-order valence-corrected chi connectivity index (χ2v) is 7.36. The smallest absolute Gasteiger partial charge is 0.257 e. The van der Waals surface area contributed by atoms with Gasteiger partial charge in [-0.2, -0.15) is 0 Å². The summed E-state index contributed by atoms with van der Waals surface area (Å²) in [6.07, 6.45) is 8.83. The summed E-state index contributed by atoms with van der Waals surface area (Å²) >= 11 is 0.